The first-order valence-corrected chi connectivity index (χ1v) is 9.06. The minimum atomic E-state index is -0.821. The molecule has 2 aromatic rings. The number of halogens is 1. The first kappa shape index (κ1) is 21.2. The van der Waals surface area contributed by atoms with Crippen LogP contribution in [0.4, 0.5) is 5.69 Å². The Morgan fingerprint density at radius 2 is 1.57 bits per heavy atom. The summed E-state index contributed by atoms with van der Waals surface area (Å²) in [7, 11) is 0. The van der Waals surface area contributed by atoms with Crippen molar-refractivity contribution in [3.63, 3.8) is 0 Å². The highest BCUT2D eigenvalue weighted by atomic mass is 35.5. The Morgan fingerprint density at radius 3 is 2.14 bits per heavy atom. The number of esters is 2. The smallest absolute Gasteiger partial charge is 0.347 e. The van der Waals surface area contributed by atoms with Crippen molar-refractivity contribution in [2.45, 2.75) is 13.8 Å². The van der Waals surface area contributed by atoms with Gasteiger partial charge in [0.05, 0.1) is 13.2 Å². The summed E-state index contributed by atoms with van der Waals surface area (Å²) in [4.78, 5) is 36.9. The fourth-order valence-electron chi connectivity index (χ4n) is 2.34. The molecule has 0 heterocycles. The van der Waals surface area contributed by atoms with Crippen molar-refractivity contribution in [1.29, 1.82) is 0 Å². The van der Waals surface area contributed by atoms with Crippen molar-refractivity contribution in [2.75, 3.05) is 18.5 Å². The van der Waals surface area contributed by atoms with Crippen molar-refractivity contribution in [3.05, 3.63) is 76.5 Å². The van der Waals surface area contributed by atoms with Crippen LogP contribution in [0.5, 0.6) is 0 Å². The standard InChI is InChI=1S/C21H20ClNO5/c1-3-27-20(25)17(21(26)28-4-2)13-23-18-11-10-15(22)12-16(18)19(24)14-8-6-5-7-9-14/h5-13,23H,3-4H2,1-2H3. The van der Waals surface area contributed by atoms with E-state index in [0.29, 0.717) is 21.8 Å². The second-order valence-electron chi connectivity index (χ2n) is 5.53. The van der Waals surface area contributed by atoms with Crippen LogP contribution < -0.4 is 5.32 Å². The van der Waals surface area contributed by atoms with E-state index in [-0.39, 0.29) is 24.6 Å². The topological polar surface area (TPSA) is 81.7 Å². The largest absolute Gasteiger partial charge is 0.462 e. The minimum Gasteiger partial charge on any atom is -0.462 e. The predicted octanol–water partition coefficient (Wildman–Crippen LogP) is 3.99. The van der Waals surface area contributed by atoms with E-state index in [0.717, 1.165) is 0 Å². The highest BCUT2D eigenvalue weighted by molar-refractivity contribution is 6.31. The molecule has 0 aromatic heterocycles. The average molecular weight is 402 g/mol. The summed E-state index contributed by atoms with van der Waals surface area (Å²) in [6, 6.07) is 13.4. The second-order valence-corrected chi connectivity index (χ2v) is 5.96. The van der Waals surface area contributed by atoms with E-state index in [1.165, 1.54) is 12.3 Å². The zero-order valence-corrected chi connectivity index (χ0v) is 16.3. The molecule has 0 amide bonds. The highest BCUT2D eigenvalue weighted by Crippen LogP contribution is 2.24. The molecule has 0 unspecified atom stereocenters. The predicted molar refractivity (Wildman–Crippen MR) is 106 cm³/mol. The van der Waals surface area contributed by atoms with E-state index in [4.69, 9.17) is 21.1 Å². The van der Waals surface area contributed by atoms with Gasteiger partial charge in [-0.25, -0.2) is 9.59 Å². The summed E-state index contributed by atoms with van der Waals surface area (Å²) in [5, 5.41) is 3.21. The van der Waals surface area contributed by atoms with Gasteiger partial charge in [0.2, 0.25) is 0 Å². The summed E-state index contributed by atoms with van der Waals surface area (Å²) >= 11 is 6.05. The lowest BCUT2D eigenvalue weighted by Gasteiger charge is -2.11. The molecule has 2 rings (SSSR count). The van der Waals surface area contributed by atoms with Crippen LogP contribution in [0.25, 0.3) is 0 Å². The molecule has 7 heteroatoms. The summed E-state index contributed by atoms with van der Waals surface area (Å²) in [5.74, 6) is -1.90. The lowest BCUT2D eigenvalue weighted by Crippen LogP contribution is -2.19. The van der Waals surface area contributed by atoms with Crippen LogP contribution in [0.2, 0.25) is 5.02 Å². The van der Waals surface area contributed by atoms with Gasteiger partial charge in [0.1, 0.15) is 0 Å². The number of ether oxygens (including phenoxy) is 2. The lowest BCUT2D eigenvalue weighted by atomic mass is 10.0. The van der Waals surface area contributed by atoms with Crippen LogP contribution in [0.1, 0.15) is 29.8 Å². The van der Waals surface area contributed by atoms with Crippen LogP contribution in [-0.2, 0) is 19.1 Å². The molecule has 0 radical (unpaired) electrons. The van der Waals surface area contributed by atoms with Gasteiger partial charge in [-0.05, 0) is 32.0 Å². The van der Waals surface area contributed by atoms with Crippen molar-refractivity contribution < 1.29 is 23.9 Å². The number of hydrogen-bond donors (Lipinski definition) is 1. The molecule has 0 spiro atoms. The Bertz CT molecular complexity index is 873. The van der Waals surface area contributed by atoms with E-state index in [1.54, 1.807) is 50.2 Å². The van der Waals surface area contributed by atoms with Gasteiger partial charge >= 0.3 is 11.9 Å². The van der Waals surface area contributed by atoms with Crippen LogP contribution in [-0.4, -0.2) is 30.9 Å². The Balaban J connectivity index is 2.38. The van der Waals surface area contributed by atoms with Crippen LogP contribution in [0.15, 0.2) is 60.3 Å². The zero-order chi connectivity index (χ0) is 20.5. The number of carbonyl (C=O) groups is 3. The first-order valence-electron chi connectivity index (χ1n) is 8.68. The van der Waals surface area contributed by atoms with Gasteiger partial charge in [-0.15, -0.1) is 0 Å². The molecular formula is C21H20ClNO5. The van der Waals surface area contributed by atoms with Gasteiger partial charge in [-0.1, -0.05) is 41.9 Å². The Hall–Kier alpha value is -3.12. The Morgan fingerprint density at radius 1 is 0.964 bits per heavy atom. The molecule has 1 N–H and O–H groups in total. The molecule has 6 nitrogen and oxygen atoms in total. The molecular weight excluding hydrogens is 382 g/mol. The maximum absolute atomic E-state index is 12.8. The van der Waals surface area contributed by atoms with Crippen molar-refractivity contribution in [1.82, 2.24) is 0 Å². The minimum absolute atomic E-state index is 0.105. The van der Waals surface area contributed by atoms with Gasteiger partial charge < -0.3 is 14.8 Å². The van der Waals surface area contributed by atoms with Gasteiger partial charge in [-0.3, -0.25) is 4.79 Å². The number of hydrogen-bond acceptors (Lipinski definition) is 6. The van der Waals surface area contributed by atoms with E-state index in [9.17, 15) is 14.4 Å². The van der Waals surface area contributed by atoms with E-state index in [2.05, 4.69) is 5.32 Å². The molecule has 0 bridgehead atoms. The van der Waals surface area contributed by atoms with Gasteiger partial charge in [0.25, 0.3) is 0 Å². The molecule has 0 fully saturated rings. The first-order chi connectivity index (χ1) is 13.5. The average Bonchev–Trinajstić information content (AvgIpc) is 2.69. The SMILES string of the molecule is CCOC(=O)C(=CNc1ccc(Cl)cc1C(=O)c1ccccc1)C(=O)OCC. The summed E-state index contributed by atoms with van der Waals surface area (Å²) in [6.07, 6.45) is 1.17. The number of anilines is 1. The van der Waals surface area contributed by atoms with Crippen molar-refractivity contribution >= 4 is 35.0 Å². The molecule has 146 valence electrons. The molecule has 0 aliphatic heterocycles. The summed E-state index contributed by atoms with van der Waals surface area (Å²) in [5.41, 5.74) is 0.843. The molecule has 0 saturated carbocycles. The third-order valence-electron chi connectivity index (χ3n) is 3.62. The lowest BCUT2D eigenvalue weighted by molar-refractivity contribution is -0.146. The van der Waals surface area contributed by atoms with E-state index < -0.39 is 11.9 Å². The number of rotatable bonds is 8. The fraction of sp³-hybridized carbons (Fsp3) is 0.190. The maximum Gasteiger partial charge on any atom is 0.347 e. The van der Waals surface area contributed by atoms with Crippen molar-refractivity contribution in [3.8, 4) is 0 Å². The molecule has 2 aromatic carbocycles. The number of ketones is 1. The third-order valence-corrected chi connectivity index (χ3v) is 3.86. The van der Waals surface area contributed by atoms with E-state index >= 15 is 0 Å². The Kier molecular flexibility index (Phi) is 7.77. The number of benzene rings is 2. The Labute approximate surface area is 168 Å². The van der Waals surface area contributed by atoms with Crippen LogP contribution in [0, 0.1) is 0 Å². The van der Waals surface area contributed by atoms with E-state index in [1.807, 2.05) is 6.07 Å². The monoisotopic (exact) mass is 401 g/mol. The normalized spacial score (nSPS) is 9.96. The third kappa shape index (κ3) is 5.44. The maximum atomic E-state index is 12.8. The second kappa shape index (κ2) is 10.3. The highest BCUT2D eigenvalue weighted by Gasteiger charge is 2.21. The van der Waals surface area contributed by atoms with Gasteiger partial charge in [-0.2, -0.15) is 0 Å². The molecule has 0 saturated heterocycles. The molecule has 0 atom stereocenters. The summed E-state index contributed by atoms with van der Waals surface area (Å²) in [6.45, 7) is 3.47. The summed E-state index contributed by atoms with van der Waals surface area (Å²) < 4.78 is 9.78. The van der Waals surface area contributed by atoms with Crippen LogP contribution >= 0.6 is 11.6 Å². The fourth-order valence-corrected chi connectivity index (χ4v) is 2.52. The number of carbonyl (C=O) groups excluding carboxylic acids is 3. The zero-order valence-electron chi connectivity index (χ0n) is 15.5. The van der Waals surface area contributed by atoms with Gasteiger partial charge in [0.15, 0.2) is 11.4 Å². The molecule has 0 aliphatic carbocycles. The molecule has 28 heavy (non-hydrogen) atoms. The number of nitrogens with one attached hydrogen (secondary N) is 1. The van der Waals surface area contributed by atoms with Crippen LogP contribution in [0.3, 0.4) is 0 Å². The van der Waals surface area contributed by atoms with Crippen molar-refractivity contribution in [2.24, 2.45) is 0 Å². The van der Waals surface area contributed by atoms with Gasteiger partial charge in [0, 0.05) is 28.0 Å². The molecule has 0 aliphatic rings. The quantitative estimate of drug-likeness (QED) is 0.237.